The highest BCUT2D eigenvalue weighted by Gasteiger charge is 2.23. The van der Waals surface area contributed by atoms with Crippen LogP contribution in [-0.2, 0) is 0 Å². The summed E-state index contributed by atoms with van der Waals surface area (Å²) < 4.78 is 0. The van der Waals surface area contributed by atoms with Crippen molar-refractivity contribution in [3.8, 4) is 12.1 Å². The first kappa shape index (κ1) is 44.2. The Morgan fingerprint density at radius 3 is 1.39 bits per heavy atom. The van der Waals surface area contributed by atoms with Gasteiger partial charge in [0.1, 0.15) is 23.5 Å². The van der Waals surface area contributed by atoms with E-state index in [0.29, 0.717) is 10.4 Å². The molecule has 0 aliphatic rings. The summed E-state index contributed by atoms with van der Waals surface area (Å²) in [7, 11) is 0. The van der Waals surface area contributed by atoms with E-state index in [9.17, 15) is 10.5 Å². The van der Waals surface area contributed by atoms with Crippen molar-refractivity contribution in [1.82, 2.24) is 0 Å². The van der Waals surface area contributed by atoms with E-state index in [-0.39, 0.29) is 11.4 Å². The first-order valence-corrected chi connectivity index (χ1v) is 23.1. The molecular formula is C64H46N6. The molecule has 10 aromatic rings. The SMILES string of the molecule is C=NC(C#N)=c1c2ccc(C=Cc3cc(N(c4ccccc4)c4ccc5ccccc5c4)c(C=CC)cc3N(c3ccccc3)c3ccc4ccccc4c3)cc2c(=C(C#N)N=C)c2ccc(C)cc12. The zero-order valence-corrected chi connectivity index (χ0v) is 38.9. The lowest BCUT2D eigenvalue weighted by Crippen LogP contribution is -2.18. The third-order valence-electron chi connectivity index (χ3n) is 12.8. The number of anilines is 6. The number of para-hydroxylation sites is 2. The van der Waals surface area contributed by atoms with Crippen LogP contribution in [0.2, 0.25) is 0 Å². The number of hydrogen-bond acceptors (Lipinski definition) is 6. The van der Waals surface area contributed by atoms with Crippen molar-refractivity contribution in [2.45, 2.75) is 13.8 Å². The molecule has 0 unspecified atom stereocenters. The molecule has 0 heterocycles. The number of aryl methyl sites for hydroxylation is 1. The van der Waals surface area contributed by atoms with Crippen molar-refractivity contribution >= 4 is 120 Å². The second-order valence-corrected chi connectivity index (χ2v) is 17.0. The highest BCUT2D eigenvalue weighted by molar-refractivity contribution is 6.05. The highest BCUT2D eigenvalue weighted by atomic mass is 15.2. The summed E-state index contributed by atoms with van der Waals surface area (Å²) in [6.07, 6.45) is 8.56. The van der Waals surface area contributed by atoms with Crippen molar-refractivity contribution in [3.05, 3.63) is 233 Å². The van der Waals surface area contributed by atoms with Crippen LogP contribution >= 0.6 is 0 Å². The normalized spacial score (nSPS) is 12.3. The third kappa shape index (κ3) is 8.28. The highest BCUT2D eigenvalue weighted by Crippen LogP contribution is 2.45. The molecule has 0 bridgehead atoms. The van der Waals surface area contributed by atoms with Gasteiger partial charge in [-0.1, -0.05) is 157 Å². The van der Waals surface area contributed by atoms with Crippen LogP contribution in [0.25, 0.3) is 72.7 Å². The van der Waals surface area contributed by atoms with Crippen LogP contribution in [0.3, 0.4) is 0 Å². The summed E-state index contributed by atoms with van der Waals surface area (Å²) in [5, 5.41) is 29.8. The molecule has 6 nitrogen and oxygen atoms in total. The lowest BCUT2D eigenvalue weighted by atomic mass is 9.93. The van der Waals surface area contributed by atoms with E-state index in [4.69, 9.17) is 0 Å². The number of allylic oxidation sites excluding steroid dienone is 1. The van der Waals surface area contributed by atoms with Gasteiger partial charge in [-0.3, -0.25) is 9.98 Å². The zero-order valence-electron chi connectivity index (χ0n) is 38.9. The Hall–Kier alpha value is -9.62. The number of aliphatic imine (C=N–C) groups is 2. The summed E-state index contributed by atoms with van der Waals surface area (Å²) in [6.45, 7) is 11.6. The smallest absolute Gasteiger partial charge is 0.148 e. The molecule has 0 spiro atoms. The third-order valence-corrected chi connectivity index (χ3v) is 12.8. The molecule has 10 aromatic carbocycles. The molecule has 10 rings (SSSR count). The maximum atomic E-state index is 10.5. The van der Waals surface area contributed by atoms with E-state index in [1.54, 1.807) is 0 Å². The molecule has 332 valence electrons. The largest absolute Gasteiger partial charge is 0.310 e. The standard InChI is InChI=1S/C64H46N6/c1-5-16-49-39-62(70(52-23-10-7-11-24-52)54-32-30-46-18-13-15-20-48(46)38-54)50(40-61(49)69(51-21-8-6-9-22-51)53-31-29-45-17-12-14-19-47(45)37-53)28-26-44-27-34-56-58(36-44)64(60(42-66)68-4)55-33-25-43(2)35-57(55)63(56)59(41-65)67-3/h5-40H,3-4H2,1-2H3. The van der Waals surface area contributed by atoms with Crippen molar-refractivity contribution in [2.75, 3.05) is 9.80 Å². The molecule has 0 N–H and O–H groups in total. The number of nitrogens with zero attached hydrogens (tertiary/aromatic N) is 6. The van der Waals surface area contributed by atoms with Gasteiger partial charge in [-0.25, -0.2) is 0 Å². The van der Waals surface area contributed by atoms with Crippen LogP contribution in [0.1, 0.15) is 29.2 Å². The van der Waals surface area contributed by atoms with Crippen LogP contribution in [0.15, 0.2) is 210 Å². The predicted octanol–water partition coefficient (Wildman–Crippen LogP) is 15.4. The molecule has 0 saturated carbocycles. The fourth-order valence-corrected chi connectivity index (χ4v) is 9.58. The van der Waals surface area contributed by atoms with Gasteiger partial charge in [0.2, 0.25) is 0 Å². The number of nitriles is 2. The van der Waals surface area contributed by atoms with E-state index >= 15 is 0 Å². The molecule has 0 aliphatic carbocycles. The molecule has 0 radical (unpaired) electrons. The van der Waals surface area contributed by atoms with Crippen molar-refractivity contribution in [3.63, 3.8) is 0 Å². The van der Waals surface area contributed by atoms with Gasteiger partial charge in [-0.15, -0.1) is 0 Å². The van der Waals surface area contributed by atoms with Gasteiger partial charge in [0.15, 0.2) is 0 Å². The monoisotopic (exact) mass is 898 g/mol. The van der Waals surface area contributed by atoms with E-state index in [1.807, 2.05) is 49.4 Å². The van der Waals surface area contributed by atoms with Gasteiger partial charge in [0.25, 0.3) is 0 Å². The van der Waals surface area contributed by atoms with E-state index in [1.165, 1.54) is 5.39 Å². The summed E-state index contributed by atoms with van der Waals surface area (Å²) in [6, 6.07) is 72.4. The maximum Gasteiger partial charge on any atom is 0.148 e. The van der Waals surface area contributed by atoms with Gasteiger partial charge in [0.05, 0.1) is 11.4 Å². The number of hydrogen-bond donors (Lipinski definition) is 0. The average molecular weight is 899 g/mol. The predicted molar refractivity (Wildman–Crippen MR) is 297 cm³/mol. The summed E-state index contributed by atoms with van der Waals surface area (Å²) >= 11 is 0. The first-order chi connectivity index (χ1) is 34.4. The molecular weight excluding hydrogens is 853 g/mol. The van der Waals surface area contributed by atoms with E-state index < -0.39 is 0 Å². The summed E-state index contributed by atoms with van der Waals surface area (Å²) in [5.41, 5.74) is 10.2. The van der Waals surface area contributed by atoms with Crippen molar-refractivity contribution in [2.24, 2.45) is 9.98 Å². The van der Waals surface area contributed by atoms with Gasteiger partial charge in [0, 0.05) is 44.3 Å². The topological polar surface area (TPSA) is 78.8 Å². The number of fused-ring (bicyclic) bond motifs is 4. The van der Waals surface area contributed by atoms with Crippen LogP contribution in [-0.4, -0.2) is 13.4 Å². The summed E-state index contributed by atoms with van der Waals surface area (Å²) in [5.74, 6) is 0. The Bertz CT molecular complexity index is 3990. The van der Waals surface area contributed by atoms with E-state index in [0.717, 1.165) is 94.1 Å². The fraction of sp³-hybridized carbons (Fsp3) is 0.0312. The quantitative estimate of drug-likeness (QED) is 0.0736. The van der Waals surface area contributed by atoms with E-state index in [2.05, 4.69) is 228 Å². The van der Waals surface area contributed by atoms with Crippen molar-refractivity contribution in [1.29, 1.82) is 10.5 Å². The average Bonchev–Trinajstić information content (AvgIpc) is 3.40. The second kappa shape index (κ2) is 19.3. The van der Waals surface area contributed by atoms with Gasteiger partial charge in [-0.05, 0) is 143 Å². The first-order valence-electron chi connectivity index (χ1n) is 23.1. The molecule has 0 saturated heterocycles. The minimum atomic E-state index is 0.187. The molecule has 0 amide bonds. The second-order valence-electron chi connectivity index (χ2n) is 17.0. The minimum Gasteiger partial charge on any atom is -0.310 e. The Kier molecular flexibility index (Phi) is 12.2. The van der Waals surface area contributed by atoms with Gasteiger partial charge < -0.3 is 9.80 Å². The Morgan fingerprint density at radius 2 is 0.900 bits per heavy atom. The molecule has 6 heteroatoms. The fourth-order valence-electron chi connectivity index (χ4n) is 9.58. The Morgan fingerprint density at radius 1 is 0.443 bits per heavy atom. The molecule has 0 fully saturated rings. The molecule has 70 heavy (non-hydrogen) atoms. The van der Waals surface area contributed by atoms with Crippen LogP contribution < -0.4 is 20.2 Å². The molecule has 0 aliphatic heterocycles. The minimum absolute atomic E-state index is 0.187. The molecule has 0 aromatic heterocycles. The van der Waals surface area contributed by atoms with Crippen LogP contribution in [0.4, 0.5) is 34.1 Å². The lowest BCUT2D eigenvalue weighted by Gasteiger charge is -2.32. The number of benzene rings is 10. The van der Waals surface area contributed by atoms with Crippen LogP contribution in [0.5, 0.6) is 0 Å². The number of rotatable bonds is 11. The zero-order chi connectivity index (χ0) is 48.1. The van der Waals surface area contributed by atoms with Gasteiger partial charge in [-0.2, -0.15) is 10.5 Å². The van der Waals surface area contributed by atoms with Crippen molar-refractivity contribution < 1.29 is 0 Å². The Labute approximate surface area is 407 Å². The molecule has 0 atom stereocenters. The Balaban J connectivity index is 1.28. The van der Waals surface area contributed by atoms with Gasteiger partial charge >= 0.3 is 0 Å². The van der Waals surface area contributed by atoms with Crippen LogP contribution in [0, 0.1) is 29.6 Å². The lowest BCUT2D eigenvalue weighted by molar-refractivity contribution is 1.25. The maximum absolute atomic E-state index is 10.5. The summed E-state index contributed by atoms with van der Waals surface area (Å²) in [4.78, 5) is 13.1.